The van der Waals surface area contributed by atoms with Gasteiger partial charge in [0.1, 0.15) is 10.4 Å². The van der Waals surface area contributed by atoms with Crippen molar-refractivity contribution in [2.75, 3.05) is 0 Å². The van der Waals surface area contributed by atoms with Gasteiger partial charge < -0.3 is 0 Å². The molecule has 2 nitrogen and oxygen atoms in total. The van der Waals surface area contributed by atoms with Gasteiger partial charge in [-0.1, -0.05) is 50.2 Å². The highest BCUT2D eigenvalue weighted by Gasteiger charge is 2.08. The van der Waals surface area contributed by atoms with Gasteiger partial charge >= 0.3 is 0 Å². The van der Waals surface area contributed by atoms with E-state index in [4.69, 9.17) is 0 Å². The zero-order chi connectivity index (χ0) is 14.1. The van der Waals surface area contributed by atoms with Crippen molar-refractivity contribution in [2.24, 2.45) is 0 Å². The first-order valence-corrected chi connectivity index (χ1v) is 7.46. The number of hydrogen-bond donors (Lipinski definition) is 0. The lowest BCUT2D eigenvalue weighted by molar-refractivity contribution is 0.771. The predicted molar refractivity (Wildman–Crippen MR) is 86.8 cm³/mol. The minimum absolute atomic E-state index is 0.312. The summed E-state index contributed by atoms with van der Waals surface area (Å²) in [6.07, 6.45) is 0. The molecule has 0 saturated carbocycles. The lowest BCUT2D eigenvalue weighted by Crippen LogP contribution is -1.99. The Bertz CT molecular complexity index is 766. The summed E-state index contributed by atoms with van der Waals surface area (Å²) in [6.45, 7) is 4.21. The second-order valence-corrected chi connectivity index (χ2v) is 5.96. The summed E-state index contributed by atoms with van der Waals surface area (Å²) in [4.78, 5) is 9.10. The van der Waals surface area contributed by atoms with Gasteiger partial charge in [0.25, 0.3) is 0 Å². The number of aromatic nitrogens is 2. The first-order valence-electron chi connectivity index (χ1n) is 6.67. The minimum Gasteiger partial charge on any atom is -0.233 e. The highest BCUT2D eigenvalue weighted by Crippen LogP contribution is 2.26. The van der Waals surface area contributed by atoms with Gasteiger partial charge in [-0.3, -0.25) is 0 Å². The van der Waals surface area contributed by atoms with Crippen LogP contribution in [0.5, 0.6) is 0 Å². The Balaban J connectivity index is 2.15. The van der Waals surface area contributed by atoms with Gasteiger partial charge in [-0.15, -0.1) is 0 Å². The number of benzene rings is 2. The second kappa shape index (κ2) is 5.33. The van der Waals surface area contributed by atoms with Gasteiger partial charge in [-0.2, -0.15) is 0 Å². The van der Waals surface area contributed by atoms with Gasteiger partial charge in [0.15, 0.2) is 0 Å². The van der Waals surface area contributed by atoms with Crippen LogP contribution < -0.4 is 0 Å². The third-order valence-electron chi connectivity index (χ3n) is 3.27. The van der Waals surface area contributed by atoms with Crippen LogP contribution >= 0.6 is 15.9 Å². The van der Waals surface area contributed by atoms with Gasteiger partial charge in [0, 0.05) is 11.5 Å². The summed E-state index contributed by atoms with van der Waals surface area (Å²) >= 11 is 3.48. The molecule has 0 fully saturated rings. The van der Waals surface area contributed by atoms with E-state index in [9.17, 15) is 0 Å². The third-order valence-corrected chi connectivity index (χ3v) is 3.68. The van der Waals surface area contributed by atoms with Crippen LogP contribution in [0.4, 0.5) is 0 Å². The molecule has 1 heterocycles. The molecule has 0 bridgehead atoms. The van der Waals surface area contributed by atoms with Crippen LogP contribution in [0, 0.1) is 0 Å². The fourth-order valence-electron chi connectivity index (χ4n) is 2.19. The fourth-order valence-corrected chi connectivity index (χ4v) is 2.59. The summed E-state index contributed by atoms with van der Waals surface area (Å²) < 4.78 is 0.833. The van der Waals surface area contributed by atoms with E-state index in [2.05, 4.69) is 82.2 Å². The third kappa shape index (κ3) is 2.59. The first-order chi connectivity index (χ1) is 9.63. The molecule has 1 aromatic heterocycles. The predicted octanol–water partition coefficient (Wildman–Crippen LogP) is 5.18. The van der Waals surface area contributed by atoms with E-state index in [1.54, 1.807) is 0 Å². The molecule has 0 unspecified atom stereocenters. The maximum Gasteiger partial charge on any atom is 0.132 e. The number of fused-ring (bicyclic) bond motifs is 1. The Morgan fingerprint density at radius 3 is 2.40 bits per heavy atom. The average molecular weight is 327 g/mol. The molecule has 0 N–H and O–H groups in total. The van der Waals surface area contributed by atoms with E-state index in [1.807, 2.05) is 6.07 Å². The molecule has 3 heteroatoms. The van der Waals surface area contributed by atoms with Crippen molar-refractivity contribution in [3.63, 3.8) is 0 Å². The van der Waals surface area contributed by atoms with Crippen LogP contribution in [0.1, 0.15) is 25.6 Å². The summed E-state index contributed by atoms with van der Waals surface area (Å²) in [7, 11) is 0. The van der Waals surface area contributed by atoms with Gasteiger partial charge in [0.2, 0.25) is 0 Å². The van der Waals surface area contributed by atoms with Crippen LogP contribution in [0.15, 0.2) is 53.1 Å². The van der Waals surface area contributed by atoms with Crippen molar-refractivity contribution in [2.45, 2.75) is 19.8 Å². The Labute approximate surface area is 127 Å². The zero-order valence-electron chi connectivity index (χ0n) is 11.5. The molecule has 3 aromatic rings. The Hall–Kier alpha value is -1.74. The van der Waals surface area contributed by atoms with Crippen molar-refractivity contribution in [3.05, 3.63) is 59.0 Å². The summed E-state index contributed by atoms with van der Waals surface area (Å²) in [5, 5.41) is 2.47. The Morgan fingerprint density at radius 2 is 1.65 bits per heavy atom. The normalized spacial score (nSPS) is 11.2. The van der Waals surface area contributed by atoms with E-state index in [0.717, 1.165) is 21.7 Å². The minimum atomic E-state index is 0.312. The summed E-state index contributed by atoms with van der Waals surface area (Å²) in [5.41, 5.74) is 2.08. The largest absolute Gasteiger partial charge is 0.233 e. The quantitative estimate of drug-likeness (QED) is 0.606. The SMILES string of the molecule is CC(C)c1nc(Br)cc(-c2ccc3ccccc3c2)n1. The lowest BCUT2D eigenvalue weighted by Gasteiger charge is -2.08. The molecule has 0 aliphatic carbocycles. The number of halogens is 1. The molecule has 0 aliphatic rings. The maximum atomic E-state index is 4.67. The molecule has 2 aromatic carbocycles. The molecule has 3 rings (SSSR count). The van der Waals surface area contributed by atoms with Crippen molar-refractivity contribution < 1.29 is 0 Å². The zero-order valence-corrected chi connectivity index (χ0v) is 13.1. The fraction of sp³-hybridized carbons (Fsp3) is 0.176. The van der Waals surface area contributed by atoms with Crippen LogP contribution in [0.3, 0.4) is 0 Å². The number of hydrogen-bond acceptors (Lipinski definition) is 2. The molecule has 20 heavy (non-hydrogen) atoms. The van der Waals surface area contributed by atoms with Gasteiger partial charge in [-0.05, 0) is 38.8 Å². The first kappa shape index (κ1) is 13.3. The molecular formula is C17H15BrN2. The second-order valence-electron chi connectivity index (χ2n) is 5.15. The van der Waals surface area contributed by atoms with Crippen LogP contribution in [0.2, 0.25) is 0 Å². The Kier molecular flexibility index (Phi) is 3.53. The highest BCUT2D eigenvalue weighted by atomic mass is 79.9. The van der Waals surface area contributed by atoms with Crippen LogP contribution in [-0.4, -0.2) is 9.97 Å². The van der Waals surface area contributed by atoms with Crippen molar-refractivity contribution >= 4 is 26.7 Å². The molecule has 0 amide bonds. The van der Waals surface area contributed by atoms with E-state index < -0.39 is 0 Å². The van der Waals surface area contributed by atoms with Crippen LogP contribution in [0.25, 0.3) is 22.0 Å². The monoisotopic (exact) mass is 326 g/mol. The van der Waals surface area contributed by atoms with Crippen LogP contribution in [-0.2, 0) is 0 Å². The van der Waals surface area contributed by atoms with Gasteiger partial charge in [0.05, 0.1) is 5.69 Å². The molecule has 0 aliphatic heterocycles. The maximum absolute atomic E-state index is 4.67. The van der Waals surface area contributed by atoms with E-state index in [1.165, 1.54) is 10.8 Å². The molecule has 0 atom stereocenters. The standard InChI is InChI=1S/C17H15BrN2/c1-11(2)17-19-15(10-16(18)20-17)14-8-7-12-5-3-4-6-13(12)9-14/h3-11H,1-2H3. The number of nitrogens with zero attached hydrogens (tertiary/aromatic N) is 2. The smallest absolute Gasteiger partial charge is 0.132 e. The average Bonchev–Trinajstić information content (AvgIpc) is 2.46. The lowest BCUT2D eigenvalue weighted by atomic mass is 10.0. The molecule has 100 valence electrons. The molecule has 0 spiro atoms. The molecule has 0 radical (unpaired) electrons. The number of rotatable bonds is 2. The summed E-state index contributed by atoms with van der Waals surface area (Å²) in [6, 6.07) is 16.7. The van der Waals surface area contributed by atoms with Crippen molar-refractivity contribution in [1.29, 1.82) is 0 Å². The van der Waals surface area contributed by atoms with E-state index in [0.29, 0.717) is 5.92 Å². The van der Waals surface area contributed by atoms with Crippen molar-refractivity contribution in [3.8, 4) is 11.3 Å². The summed E-state index contributed by atoms with van der Waals surface area (Å²) in [5.74, 6) is 1.18. The molecular weight excluding hydrogens is 312 g/mol. The topological polar surface area (TPSA) is 25.8 Å². The van der Waals surface area contributed by atoms with Gasteiger partial charge in [-0.25, -0.2) is 9.97 Å². The Morgan fingerprint density at radius 1 is 0.900 bits per heavy atom. The van der Waals surface area contributed by atoms with E-state index >= 15 is 0 Å². The molecule has 0 saturated heterocycles. The van der Waals surface area contributed by atoms with Crippen molar-refractivity contribution in [1.82, 2.24) is 9.97 Å². The highest BCUT2D eigenvalue weighted by molar-refractivity contribution is 9.10. The van der Waals surface area contributed by atoms with E-state index in [-0.39, 0.29) is 0 Å².